The second kappa shape index (κ2) is 12.2. The predicted octanol–water partition coefficient (Wildman–Crippen LogP) is 7.28. The van der Waals surface area contributed by atoms with Crippen molar-refractivity contribution in [2.75, 3.05) is 7.11 Å². The summed E-state index contributed by atoms with van der Waals surface area (Å²) in [6.07, 6.45) is 8.71. The van der Waals surface area contributed by atoms with Crippen LogP contribution in [0.3, 0.4) is 0 Å². The molecule has 4 aliphatic heterocycles. The number of nitrogens with zero attached hydrogens (tertiary/aromatic N) is 4. The van der Waals surface area contributed by atoms with E-state index in [1.807, 2.05) is 7.11 Å². The Morgan fingerprint density at radius 2 is 0.784 bits per heavy atom. The molecule has 0 amide bonds. The zero-order valence-electron chi connectivity index (χ0n) is 27.8. The second-order valence-electron chi connectivity index (χ2n) is 12.7. The van der Waals surface area contributed by atoms with Crippen molar-refractivity contribution in [3.8, 4) is 0 Å². The van der Waals surface area contributed by atoms with Gasteiger partial charge in [-0.1, -0.05) is 0 Å². The van der Waals surface area contributed by atoms with E-state index in [-0.39, 0.29) is 0 Å². The Kier molecular flexibility index (Phi) is 7.23. The van der Waals surface area contributed by atoms with E-state index in [0.717, 1.165) is 89.4 Å². The standard InChI is InChI=1S/C44H28N4.CH3O.Sb/c1-5-13-29(14-6-1)41-33-21-23-35(45-33)42(30-15-7-2-8-16-30)37-25-27-39(47-37)44(32-19-11-4-12-20-32)40-28-26-38(48-40)43(31-17-9-3-10-18-31)36-24-22-34(41)46-36;1-2;/h1-28H;1H3;/q-2;-1;+4. The topological polar surface area (TPSA) is 43.8 Å². The molecule has 6 bridgehead atoms. The van der Waals surface area contributed by atoms with Crippen molar-refractivity contribution < 1.29 is 3.02 Å². The number of fused-ring (bicyclic) bond motifs is 2. The van der Waals surface area contributed by atoms with Gasteiger partial charge in [0.05, 0.1) is 0 Å². The van der Waals surface area contributed by atoms with Gasteiger partial charge in [0.2, 0.25) is 0 Å². The summed E-state index contributed by atoms with van der Waals surface area (Å²) in [7, 11) is 1.89. The van der Waals surface area contributed by atoms with Gasteiger partial charge < -0.3 is 0 Å². The molecule has 6 aromatic rings. The molecule has 51 heavy (non-hydrogen) atoms. The average molecular weight is 766 g/mol. The Morgan fingerprint density at radius 3 is 1.16 bits per heavy atom. The van der Waals surface area contributed by atoms with Crippen molar-refractivity contribution in [1.82, 2.24) is 5.45 Å². The summed E-state index contributed by atoms with van der Waals surface area (Å²) in [6.45, 7) is 0. The fourth-order valence-corrected chi connectivity index (χ4v) is 13.1. The molecule has 0 N–H and O–H groups in total. The van der Waals surface area contributed by atoms with Crippen LogP contribution in [0.2, 0.25) is 0 Å². The van der Waals surface area contributed by atoms with Crippen LogP contribution in [0.1, 0.15) is 33.6 Å². The van der Waals surface area contributed by atoms with E-state index >= 15 is 0 Å². The molecule has 0 aliphatic carbocycles. The van der Waals surface area contributed by atoms with Gasteiger partial charge in [0.25, 0.3) is 0 Å². The minimum absolute atomic E-state index is 0.936. The Labute approximate surface area is 304 Å². The molecule has 10 rings (SSSR count). The third kappa shape index (κ3) is 4.80. The fourth-order valence-electron chi connectivity index (χ4n) is 7.64. The molecule has 0 saturated carbocycles. The van der Waals surface area contributed by atoms with Gasteiger partial charge in [0.1, 0.15) is 0 Å². The number of rotatable bonds is 5. The summed E-state index contributed by atoms with van der Waals surface area (Å²) in [5.41, 5.74) is 14.7. The van der Waals surface area contributed by atoms with E-state index in [2.05, 4.69) is 175 Å². The fraction of sp³-hybridized carbons (Fsp3) is 0.0222. The Balaban J connectivity index is 1.47. The zero-order chi connectivity index (χ0) is 33.9. The van der Waals surface area contributed by atoms with Gasteiger partial charge in [0.15, 0.2) is 0 Å². The first kappa shape index (κ1) is 30.1. The van der Waals surface area contributed by atoms with E-state index in [1.165, 1.54) is 0 Å². The molecule has 4 aromatic carbocycles. The molecule has 4 aliphatic rings. The first-order valence-corrected chi connectivity index (χ1v) is 20.4. The summed E-state index contributed by atoms with van der Waals surface area (Å²) >= 11 is -3.33. The minimum atomic E-state index is -3.33. The van der Waals surface area contributed by atoms with Crippen LogP contribution in [0.4, 0.5) is 0 Å². The molecule has 6 heterocycles. The Hall–Kier alpha value is -5.74. The SMILES string of the molecule is C[O][Sb+]1[n]2c3ccc2C(c2ccccc2)=C2C=CC(=N2)C(c2ccccc2)=c2ccc([n]21)=C(c1ccccc1)C1=NC(=C3c2ccccc2)C=C1. The first-order valence-electron chi connectivity index (χ1n) is 17.1. The van der Waals surface area contributed by atoms with Crippen LogP contribution in [0, 0.1) is 0 Å². The van der Waals surface area contributed by atoms with Crippen LogP contribution in [0.25, 0.3) is 22.3 Å². The van der Waals surface area contributed by atoms with E-state index in [1.54, 1.807) is 0 Å². The van der Waals surface area contributed by atoms with Gasteiger partial charge in [-0.05, 0) is 0 Å². The zero-order valence-corrected chi connectivity index (χ0v) is 30.4. The number of allylic oxidation sites excluding steroid dienone is 4. The summed E-state index contributed by atoms with van der Waals surface area (Å²) < 4.78 is 12.0. The molecule has 0 fully saturated rings. The van der Waals surface area contributed by atoms with E-state index < -0.39 is 21.2 Å². The maximum atomic E-state index is 6.98. The Bertz CT molecular complexity index is 2510. The molecule has 1 radical (unpaired) electrons. The number of benzene rings is 4. The van der Waals surface area contributed by atoms with Gasteiger partial charge in [-0.25, -0.2) is 0 Å². The monoisotopic (exact) mass is 764 g/mol. The van der Waals surface area contributed by atoms with Crippen LogP contribution in [0.5, 0.6) is 0 Å². The molecule has 0 atom stereocenters. The summed E-state index contributed by atoms with van der Waals surface area (Å²) in [5, 5.41) is 2.17. The molecular formula is C45H31N4OSb+. The molecule has 5 nitrogen and oxygen atoms in total. The van der Waals surface area contributed by atoms with Crippen molar-refractivity contribution >= 4 is 54.9 Å². The van der Waals surface area contributed by atoms with Crippen LogP contribution < -0.4 is 10.7 Å². The van der Waals surface area contributed by atoms with Crippen molar-refractivity contribution in [3.63, 3.8) is 0 Å². The van der Waals surface area contributed by atoms with Gasteiger partial charge >= 0.3 is 306 Å². The predicted molar refractivity (Wildman–Crippen MR) is 208 cm³/mol. The maximum absolute atomic E-state index is 6.98. The van der Waals surface area contributed by atoms with Gasteiger partial charge in [0, 0.05) is 0 Å². The Morgan fingerprint density at radius 1 is 0.412 bits per heavy atom. The van der Waals surface area contributed by atoms with E-state index in [0.29, 0.717) is 0 Å². The molecule has 2 aromatic heterocycles. The third-order valence-corrected chi connectivity index (χ3v) is 15.1. The van der Waals surface area contributed by atoms with Crippen LogP contribution in [-0.2, 0) is 3.02 Å². The molecule has 241 valence electrons. The van der Waals surface area contributed by atoms with E-state index in [4.69, 9.17) is 13.0 Å². The van der Waals surface area contributed by atoms with Crippen LogP contribution >= 0.6 is 0 Å². The summed E-state index contributed by atoms with van der Waals surface area (Å²) in [5.74, 6) is 0. The van der Waals surface area contributed by atoms with Gasteiger partial charge in [-0.2, -0.15) is 0 Å². The molecule has 0 unspecified atom stereocenters. The first-order chi connectivity index (χ1) is 25.3. The van der Waals surface area contributed by atoms with Crippen molar-refractivity contribution in [2.24, 2.45) is 9.98 Å². The number of aromatic nitrogens is 2. The summed E-state index contributed by atoms with van der Waals surface area (Å²) in [4.78, 5) is 10.9. The number of hydrogen-bond donors (Lipinski definition) is 0. The quantitative estimate of drug-likeness (QED) is 0.170. The summed E-state index contributed by atoms with van der Waals surface area (Å²) in [6, 6.07) is 51.7. The average Bonchev–Trinajstić information content (AvgIpc) is 4.01. The number of aliphatic imine (C=N–C) groups is 2. The van der Waals surface area contributed by atoms with Gasteiger partial charge in [-0.3, -0.25) is 0 Å². The second-order valence-corrected chi connectivity index (χ2v) is 17.4. The number of hydrogen-bond acceptors (Lipinski definition) is 3. The van der Waals surface area contributed by atoms with Crippen LogP contribution in [-0.4, -0.2) is 45.2 Å². The van der Waals surface area contributed by atoms with Gasteiger partial charge in [-0.15, -0.1) is 0 Å². The molecule has 6 heteroatoms. The molecular weight excluding hydrogens is 734 g/mol. The molecule has 0 saturated heterocycles. The van der Waals surface area contributed by atoms with Crippen molar-refractivity contribution in [1.29, 1.82) is 0 Å². The normalized spacial score (nSPS) is 16.2. The molecule has 0 spiro atoms. The van der Waals surface area contributed by atoms with Crippen molar-refractivity contribution in [3.05, 3.63) is 226 Å². The van der Waals surface area contributed by atoms with Crippen LogP contribution in [0.15, 0.2) is 191 Å². The van der Waals surface area contributed by atoms with E-state index in [9.17, 15) is 0 Å². The van der Waals surface area contributed by atoms with Crippen molar-refractivity contribution in [2.45, 2.75) is 0 Å². The third-order valence-electron chi connectivity index (χ3n) is 9.80.